The highest BCUT2D eigenvalue weighted by Gasteiger charge is 2.31. The summed E-state index contributed by atoms with van der Waals surface area (Å²) in [6.07, 6.45) is 0.0123. The number of rotatable bonds is 3. The molecule has 6 heteroatoms. The Balaban J connectivity index is 2.25. The molecule has 2 rings (SSSR count). The molecule has 0 spiro atoms. The average Bonchev–Trinajstić information content (AvgIpc) is 2.79. The third-order valence-corrected chi connectivity index (χ3v) is 3.00. The highest BCUT2D eigenvalue weighted by atomic mass is 19.1. The third-order valence-electron chi connectivity index (χ3n) is 3.00. The summed E-state index contributed by atoms with van der Waals surface area (Å²) in [4.78, 5) is 24.2. The number of nitrogens with zero attached hydrogens (tertiary/aromatic N) is 1. The van der Waals surface area contributed by atoms with Crippen molar-refractivity contribution in [2.24, 2.45) is 0 Å². The van der Waals surface area contributed by atoms with Crippen LogP contribution in [0.4, 0.5) is 14.9 Å². The van der Waals surface area contributed by atoms with Crippen molar-refractivity contribution in [1.29, 1.82) is 0 Å². The minimum atomic E-state index is -0.750. The number of cyclic esters (lactones) is 1. The number of hydrogen-bond acceptors (Lipinski definition) is 4. The molecule has 0 radical (unpaired) electrons. The highest BCUT2D eigenvalue weighted by Crippen LogP contribution is 2.25. The normalized spacial score (nSPS) is 18.4. The molecule has 1 aromatic carbocycles. The fourth-order valence-electron chi connectivity index (χ4n) is 1.89. The van der Waals surface area contributed by atoms with Crippen molar-refractivity contribution in [2.45, 2.75) is 19.4 Å². The first-order valence-corrected chi connectivity index (χ1v) is 5.92. The molecule has 1 aromatic rings. The van der Waals surface area contributed by atoms with Crippen LogP contribution in [0.2, 0.25) is 0 Å². The maximum absolute atomic E-state index is 13.8. The van der Waals surface area contributed by atoms with Crippen LogP contribution in [0.15, 0.2) is 18.2 Å². The zero-order valence-electron chi connectivity index (χ0n) is 10.7. The molecule has 1 fully saturated rings. The van der Waals surface area contributed by atoms with Gasteiger partial charge in [-0.25, -0.2) is 14.0 Å². The molecule has 0 saturated carbocycles. The van der Waals surface area contributed by atoms with Crippen molar-refractivity contribution >= 4 is 17.7 Å². The van der Waals surface area contributed by atoms with Crippen LogP contribution in [0.25, 0.3) is 0 Å². The molecule has 1 atom stereocenters. The number of esters is 1. The Labute approximate surface area is 109 Å². The van der Waals surface area contributed by atoms with Crippen LogP contribution in [-0.4, -0.2) is 31.8 Å². The van der Waals surface area contributed by atoms with Gasteiger partial charge in [0.25, 0.3) is 0 Å². The second-order valence-electron chi connectivity index (χ2n) is 4.18. The first-order chi connectivity index (χ1) is 9.06. The summed E-state index contributed by atoms with van der Waals surface area (Å²) in [6.45, 7) is 2.29. The summed E-state index contributed by atoms with van der Waals surface area (Å²) in [7, 11) is 1.18. The zero-order valence-corrected chi connectivity index (χ0v) is 10.7. The van der Waals surface area contributed by atoms with E-state index in [4.69, 9.17) is 4.74 Å². The Hall–Kier alpha value is -2.11. The molecule has 1 amide bonds. The average molecular weight is 267 g/mol. The zero-order chi connectivity index (χ0) is 14.0. The van der Waals surface area contributed by atoms with Crippen molar-refractivity contribution in [1.82, 2.24) is 0 Å². The standard InChI is InChI=1S/C13H14FNO4/c1-3-9-7-15(13(17)19-9)8-4-5-10(11(14)6-8)12(16)18-2/h4-6,9H,3,7H2,1-2H3/t9-/m0/s1. The van der Waals surface area contributed by atoms with Crippen LogP contribution in [-0.2, 0) is 9.47 Å². The first-order valence-electron chi connectivity index (χ1n) is 5.92. The number of benzene rings is 1. The fraction of sp³-hybridized carbons (Fsp3) is 0.385. The van der Waals surface area contributed by atoms with E-state index in [2.05, 4.69) is 4.74 Å². The molecule has 1 heterocycles. The predicted molar refractivity (Wildman–Crippen MR) is 65.6 cm³/mol. The van der Waals surface area contributed by atoms with E-state index in [0.717, 1.165) is 6.07 Å². The van der Waals surface area contributed by atoms with Crippen LogP contribution >= 0.6 is 0 Å². The lowest BCUT2D eigenvalue weighted by Crippen LogP contribution is -2.24. The second kappa shape index (κ2) is 5.26. The number of hydrogen-bond donors (Lipinski definition) is 0. The topological polar surface area (TPSA) is 55.8 Å². The number of carbonyl (C=O) groups is 2. The molecular formula is C13H14FNO4. The summed E-state index contributed by atoms with van der Waals surface area (Å²) in [5, 5.41) is 0. The lowest BCUT2D eigenvalue weighted by Gasteiger charge is -2.13. The summed E-state index contributed by atoms with van der Waals surface area (Å²) >= 11 is 0. The number of anilines is 1. The minimum Gasteiger partial charge on any atom is -0.465 e. The van der Waals surface area contributed by atoms with Gasteiger partial charge in [0.2, 0.25) is 0 Å². The van der Waals surface area contributed by atoms with Gasteiger partial charge in [-0.2, -0.15) is 0 Å². The van der Waals surface area contributed by atoms with Crippen molar-refractivity contribution in [3.63, 3.8) is 0 Å². The van der Waals surface area contributed by atoms with Gasteiger partial charge in [0.15, 0.2) is 0 Å². The lowest BCUT2D eigenvalue weighted by molar-refractivity contribution is 0.0595. The van der Waals surface area contributed by atoms with Gasteiger partial charge in [-0.05, 0) is 24.6 Å². The molecule has 102 valence electrons. The monoisotopic (exact) mass is 267 g/mol. The number of halogens is 1. The molecular weight excluding hydrogens is 253 g/mol. The van der Waals surface area contributed by atoms with E-state index in [0.29, 0.717) is 18.7 Å². The van der Waals surface area contributed by atoms with E-state index < -0.39 is 17.9 Å². The van der Waals surface area contributed by atoms with E-state index >= 15 is 0 Å². The molecule has 1 saturated heterocycles. The van der Waals surface area contributed by atoms with Gasteiger partial charge < -0.3 is 9.47 Å². The molecule has 0 unspecified atom stereocenters. The van der Waals surface area contributed by atoms with Crippen LogP contribution in [0.1, 0.15) is 23.7 Å². The lowest BCUT2D eigenvalue weighted by atomic mass is 10.1. The van der Waals surface area contributed by atoms with Gasteiger partial charge in [-0.1, -0.05) is 6.92 Å². The van der Waals surface area contributed by atoms with Crippen molar-refractivity contribution < 1.29 is 23.5 Å². The summed E-state index contributed by atoms with van der Waals surface area (Å²) in [6, 6.07) is 3.92. The van der Waals surface area contributed by atoms with Gasteiger partial charge in [0, 0.05) is 0 Å². The number of amides is 1. The molecule has 0 N–H and O–H groups in total. The van der Waals surface area contributed by atoms with E-state index in [1.165, 1.54) is 24.1 Å². The molecule has 19 heavy (non-hydrogen) atoms. The van der Waals surface area contributed by atoms with Gasteiger partial charge in [0.1, 0.15) is 11.9 Å². The van der Waals surface area contributed by atoms with Gasteiger partial charge in [-0.3, -0.25) is 4.90 Å². The van der Waals surface area contributed by atoms with E-state index in [1.54, 1.807) is 0 Å². The second-order valence-corrected chi connectivity index (χ2v) is 4.18. The van der Waals surface area contributed by atoms with E-state index in [-0.39, 0.29) is 11.7 Å². The Morgan fingerprint density at radius 2 is 2.32 bits per heavy atom. The summed E-state index contributed by atoms with van der Waals surface area (Å²) in [5.74, 6) is -1.48. The quantitative estimate of drug-likeness (QED) is 0.789. The van der Waals surface area contributed by atoms with Gasteiger partial charge in [0.05, 0.1) is 24.9 Å². The minimum absolute atomic E-state index is 0.161. The predicted octanol–water partition coefficient (Wildman–Crippen LogP) is 2.35. The van der Waals surface area contributed by atoms with Crippen LogP contribution in [0.5, 0.6) is 0 Å². The maximum Gasteiger partial charge on any atom is 0.414 e. The van der Waals surface area contributed by atoms with E-state index in [1.807, 2.05) is 6.92 Å². The molecule has 0 aromatic heterocycles. The molecule has 1 aliphatic rings. The van der Waals surface area contributed by atoms with E-state index in [9.17, 15) is 14.0 Å². The van der Waals surface area contributed by atoms with Crippen molar-refractivity contribution in [2.75, 3.05) is 18.6 Å². The smallest absolute Gasteiger partial charge is 0.414 e. The maximum atomic E-state index is 13.8. The molecule has 1 aliphatic heterocycles. The van der Waals surface area contributed by atoms with Crippen molar-refractivity contribution in [3.05, 3.63) is 29.6 Å². The largest absolute Gasteiger partial charge is 0.465 e. The Bertz CT molecular complexity index is 517. The Kier molecular flexibility index (Phi) is 3.69. The third kappa shape index (κ3) is 2.52. The fourth-order valence-corrected chi connectivity index (χ4v) is 1.89. The number of methoxy groups -OCH3 is 1. The Morgan fingerprint density at radius 3 is 2.84 bits per heavy atom. The van der Waals surface area contributed by atoms with Gasteiger partial charge in [-0.15, -0.1) is 0 Å². The molecule has 0 bridgehead atoms. The summed E-state index contributed by atoms with van der Waals surface area (Å²) in [5.41, 5.74) is 0.206. The number of carbonyl (C=O) groups excluding carboxylic acids is 2. The van der Waals surface area contributed by atoms with Crippen LogP contribution in [0, 0.1) is 5.82 Å². The number of ether oxygens (including phenoxy) is 2. The van der Waals surface area contributed by atoms with Crippen LogP contribution < -0.4 is 4.90 Å². The summed E-state index contributed by atoms with van der Waals surface area (Å²) < 4.78 is 23.3. The highest BCUT2D eigenvalue weighted by molar-refractivity contribution is 5.93. The van der Waals surface area contributed by atoms with Gasteiger partial charge >= 0.3 is 12.1 Å². The first kappa shape index (κ1) is 13.3. The van der Waals surface area contributed by atoms with Crippen LogP contribution in [0.3, 0.4) is 0 Å². The Morgan fingerprint density at radius 1 is 1.58 bits per heavy atom. The SMILES string of the molecule is CC[C@H]1CN(c2ccc(C(=O)OC)c(F)c2)C(=O)O1. The molecule has 0 aliphatic carbocycles. The molecule has 5 nitrogen and oxygen atoms in total. The van der Waals surface area contributed by atoms with Crippen molar-refractivity contribution in [3.8, 4) is 0 Å².